The van der Waals surface area contributed by atoms with Crippen molar-refractivity contribution in [2.75, 3.05) is 64.5 Å². The summed E-state index contributed by atoms with van der Waals surface area (Å²) in [5.74, 6) is 1.13. The van der Waals surface area contributed by atoms with E-state index >= 15 is 0 Å². The van der Waals surface area contributed by atoms with Gasteiger partial charge in [-0.1, -0.05) is 12.1 Å². The van der Waals surface area contributed by atoms with Gasteiger partial charge in [-0.3, -0.25) is 9.69 Å². The number of carbonyl (C=O) groups excluding carboxylic acids is 1. The normalized spacial score (nSPS) is 20.8. The first-order valence-electron chi connectivity index (χ1n) is 8.69. The molecule has 2 heterocycles. The zero-order chi connectivity index (χ0) is 16.9. The van der Waals surface area contributed by atoms with E-state index in [0.717, 1.165) is 37.6 Å². The molecule has 6 heteroatoms. The van der Waals surface area contributed by atoms with Crippen LogP contribution in [0.4, 0.5) is 5.69 Å². The summed E-state index contributed by atoms with van der Waals surface area (Å²) < 4.78 is 10.8. The first kappa shape index (κ1) is 17.0. The van der Waals surface area contributed by atoms with Gasteiger partial charge in [-0.2, -0.15) is 0 Å². The number of hydrogen-bond donors (Lipinski definition) is 0. The number of hydrogen-bond acceptors (Lipinski definition) is 5. The van der Waals surface area contributed by atoms with E-state index < -0.39 is 0 Å². The Morgan fingerprint density at radius 1 is 1.08 bits per heavy atom. The zero-order valence-corrected chi connectivity index (χ0v) is 14.6. The van der Waals surface area contributed by atoms with Gasteiger partial charge in [-0.15, -0.1) is 0 Å². The number of morpholine rings is 1. The molecule has 2 aliphatic rings. The van der Waals surface area contributed by atoms with Crippen molar-refractivity contribution in [1.29, 1.82) is 0 Å². The Kier molecular flexibility index (Phi) is 5.58. The van der Waals surface area contributed by atoms with Gasteiger partial charge in [0, 0.05) is 39.3 Å². The van der Waals surface area contributed by atoms with Crippen LogP contribution in [-0.4, -0.2) is 81.3 Å². The molecule has 0 saturated carbocycles. The minimum absolute atomic E-state index is 0.0667. The fourth-order valence-corrected chi connectivity index (χ4v) is 3.45. The lowest BCUT2D eigenvalue weighted by Crippen LogP contribution is -2.56. The average Bonchev–Trinajstić information content (AvgIpc) is 2.67. The third kappa shape index (κ3) is 3.65. The molecule has 24 heavy (non-hydrogen) atoms. The molecule has 132 valence electrons. The summed E-state index contributed by atoms with van der Waals surface area (Å²) in [6, 6.07) is 8.04. The molecule has 1 aromatic carbocycles. The zero-order valence-electron chi connectivity index (χ0n) is 14.6. The Labute approximate surface area is 143 Å². The largest absolute Gasteiger partial charge is 0.495 e. The molecule has 0 bridgehead atoms. The van der Waals surface area contributed by atoms with E-state index in [1.807, 2.05) is 30.0 Å². The number of piperazine rings is 1. The molecule has 3 rings (SSSR count). The van der Waals surface area contributed by atoms with Gasteiger partial charge in [0.25, 0.3) is 0 Å². The summed E-state index contributed by atoms with van der Waals surface area (Å²) in [5, 5.41) is 0. The van der Waals surface area contributed by atoms with Gasteiger partial charge in [-0.25, -0.2) is 0 Å². The summed E-state index contributed by atoms with van der Waals surface area (Å²) in [5.41, 5.74) is 1.13. The van der Waals surface area contributed by atoms with Crippen molar-refractivity contribution in [3.63, 3.8) is 0 Å². The number of nitrogens with zero attached hydrogens (tertiary/aromatic N) is 3. The lowest BCUT2D eigenvalue weighted by molar-refractivity contribution is -0.140. The summed E-state index contributed by atoms with van der Waals surface area (Å²) in [6.45, 7) is 8.33. The molecule has 0 N–H and O–H groups in total. The first-order valence-corrected chi connectivity index (χ1v) is 8.69. The van der Waals surface area contributed by atoms with Crippen LogP contribution in [-0.2, 0) is 9.53 Å². The van der Waals surface area contributed by atoms with E-state index in [2.05, 4.69) is 15.9 Å². The maximum atomic E-state index is 12.6. The molecule has 2 fully saturated rings. The predicted octanol–water partition coefficient (Wildman–Crippen LogP) is 1.06. The summed E-state index contributed by atoms with van der Waals surface area (Å²) in [7, 11) is 1.71. The highest BCUT2D eigenvalue weighted by Gasteiger charge is 2.29. The molecule has 1 unspecified atom stereocenters. The molecule has 2 aliphatic heterocycles. The van der Waals surface area contributed by atoms with Crippen LogP contribution in [0.3, 0.4) is 0 Å². The Balaban J connectivity index is 1.57. The third-order valence-electron chi connectivity index (χ3n) is 4.97. The smallest absolute Gasteiger partial charge is 0.239 e. The van der Waals surface area contributed by atoms with E-state index in [0.29, 0.717) is 26.3 Å². The van der Waals surface area contributed by atoms with Crippen LogP contribution in [0.15, 0.2) is 24.3 Å². The van der Waals surface area contributed by atoms with Crippen molar-refractivity contribution < 1.29 is 14.3 Å². The van der Waals surface area contributed by atoms with Crippen molar-refractivity contribution in [3.05, 3.63) is 24.3 Å². The fraction of sp³-hybridized carbons (Fsp3) is 0.611. The second-order valence-corrected chi connectivity index (χ2v) is 6.31. The van der Waals surface area contributed by atoms with E-state index in [1.54, 1.807) is 7.11 Å². The highest BCUT2D eigenvalue weighted by molar-refractivity contribution is 5.81. The highest BCUT2D eigenvalue weighted by Crippen LogP contribution is 2.28. The van der Waals surface area contributed by atoms with Gasteiger partial charge >= 0.3 is 0 Å². The Bertz CT molecular complexity index is 552. The fourth-order valence-electron chi connectivity index (χ4n) is 3.45. The maximum Gasteiger partial charge on any atom is 0.239 e. The van der Waals surface area contributed by atoms with Gasteiger partial charge in [0.05, 0.1) is 32.1 Å². The number of rotatable bonds is 4. The number of amides is 1. The quantitative estimate of drug-likeness (QED) is 0.825. The molecule has 0 aliphatic carbocycles. The van der Waals surface area contributed by atoms with Crippen molar-refractivity contribution in [1.82, 2.24) is 9.80 Å². The molecular formula is C18H27N3O3. The Morgan fingerprint density at radius 2 is 1.75 bits per heavy atom. The van der Waals surface area contributed by atoms with Crippen LogP contribution in [0.2, 0.25) is 0 Å². The van der Waals surface area contributed by atoms with Gasteiger partial charge in [0.15, 0.2) is 0 Å². The molecule has 1 amide bonds. The van der Waals surface area contributed by atoms with Gasteiger partial charge < -0.3 is 19.3 Å². The summed E-state index contributed by atoms with van der Waals surface area (Å²) in [4.78, 5) is 19.2. The maximum absolute atomic E-state index is 12.6. The average molecular weight is 333 g/mol. The second-order valence-electron chi connectivity index (χ2n) is 6.31. The topological polar surface area (TPSA) is 45.2 Å². The molecule has 0 radical (unpaired) electrons. The molecule has 1 aromatic rings. The number of anilines is 1. The SMILES string of the molecule is COc1ccccc1N1CCN(C(C)C(=O)N2CCOCC2)CC1. The lowest BCUT2D eigenvalue weighted by Gasteiger charge is -2.40. The summed E-state index contributed by atoms with van der Waals surface area (Å²) in [6.07, 6.45) is 0. The van der Waals surface area contributed by atoms with Crippen molar-refractivity contribution in [3.8, 4) is 5.75 Å². The number of ether oxygens (including phenoxy) is 2. The van der Waals surface area contributed by atoms with Crippen LogP contribution in [0, 0.1) is 0 Å². The Morgan fingerprint density at radius 3 is 2.42 bits per heavy atom. The van der Waals surface area contributed by atoms with Crippen LogP contribution >= 0.6 is 0 Å². The number of benzene rings is 1. The molecule has 2 saturated heterocycles. The number of methoxy groups -OCH3 is 1. The van der Waals surface area contributed by atoms with Crippen LogP contribution < -0.4 is 9.64 Å². The predicted molar refractivity (Wildman–Crippen MR) is 93.6 cm³/mol. The van der Waals surface area contributed by atoms with Gasteiger partial charge in [-0.05, 0) is 19.1 Å². The monoisotopic (exact) mass is 333 g/mol. The minimum atomic E-state index is -0.0667. The van der Waals surface area contributed by atoms with Crippen LogP contribution in [0.25, 0.3) is 0 Å². The van der Waals surface area contributed by atoms with E-state index in [9.17, 15) is 4.79 Å². The minimum Gasteiger partial charge on any atom is -0.495 e. The van der Waals surface area contributed by atoms with Crippen molar-refractivity contribution >= 4 is 11.6 Å². The van der Waals surface area contributed by atoms with E-state index in [4.69, 9.17) is 9.47 Å². The van der Waals surface area contributed by atoms with Crippen LogP contribution in [0.5, 0.6) is 5.75 Å². The molecule has 1 atom stereocenters. The molecule has 0 spiro atoms. The highest BCUT2D eigenvalue weighted by atomic mass is 16.5. The number of carbonyl (C=O) groups is 1. The molecule has 6 nitrogen and oxygen atoms in total. The standard InChI is InChI=1S/C18H27N3O3/c1-15(18(22)21-11-13-24-14-12-21)19-7-9-20(10-8-19)16-5-3-4-6-17(16)23-2/h3-6,15H,7-14H2,1-2H3. The van der Waals surface area contributed by atoms with Crippen LogP contribution in [0.1, 0.15) is 6.92 Å². The van der Waals surface area contributed by atoms with E-state index in [1.165, 1.54) is 0 Å². The van der Waals surface area contributed by atoms with Gasteiger partial charge in [0.1, 0.15) is 5.75 Å². The van der Waals surface area contributed by atoms with E-state index in [-0.39, 0.29) is 11.9 Å². The third-order valence-corrected chi connectivity index (χ3v) is 4.97. The molecule has 0 aromatic heterocycles. The second kappa shape index (κ2) is 7.85. The summed E-state index contributed by atoms with van der Waals surface area (Å²) >= 11 is 0. The molecular weight excluding hydrogens is 306 g/mol. The Hall–Kier alpha value is -1.79. The van der Waals surface area contributed by atoms with Crippen molar-refractivity contribution in [2.24, 2.45) is 0 Å². The van der Waals surface area contributed by atoms with Gasteiger partial charge in [0.2, 0.25) is 5.91 Å². The first-order chi connectivity index (χ1) is 11.7. The number of para-hydroxylation sites is 2. The van der Waals surface area contributed by atoms with Crippen molar-refractivity contribution in [2.45, 2.75) is 13.0 Å². The lowest BCUT2D eigenvalue weighted by atomic mass is 10.1.